The first-order valence-corrected chi connectivity index (χ1v) is 13.9. The highest BCUT2D eigenvalue weighted by atomic mass is 32.2. The van der Waals surface area contributed by atoms with Crippen LogP contribution >= 0.6 is 11.3 Å². The molecule has 0 radical (unpaired) electrons. The largest absolute Gasteiger partial charge is 0.443 e. The molecule has 2 fully saturated rings. The fourth-order valence-corrected chi connectivity index (χ4v) is 8.03. The lowest BCUT2D eigenvalue weighted by Gasteiger charge is -2.34. The second-order valence-electron chi connectivity index (χ2n) is 10.6. The number of thiazole rings is 1. The highest BCUT2D eigenvalue weighted by Crippen LogP contribution is 2.42. The number of hydrogen-bond acceptors (Lipinski definition) is 9. The summed E-state index contributed by atoms with van der Waals surface area (Å²) in [6, 6.07) is -1.67. The monoisotopic (exact) mass is 527 g/mol. The van der Waals surface area contributed by atoms with Crippen LogP contribution in [0, 0.1) is 5.92 Å². The van der Waals surface area contributed by atoms with Crippen molar-refractivity contribution in [1.82, 2.24) is 23.4 Å². The van der Waals surface area contributed by atoms with Gasteiger partial charge < -0.3 is 14.5 Å². The Morgan fingerprint density at radius 2 is 1.80 bits per heavy atom. The number of carbonyl (C=O) groups is 3. The van der Waals surface area contributed by atoms with E-state index >= 15 is 0 Å². The number of fused-ring (bicyclic) bond motifs is 2. The molecular formula is C22H33N5O6S2. The summed E-state index contributed by atoms with van der Waals surface area (Å²) < 4.78 is 34.3. The van der Waals surface area contributed by atoms with E-state index in [9.17, 15) is 22.8 Å². The van der Waals surface area contributed by atoms with Crippen molar-refractivity contribution in [2.75, 3.05) is 27.7 Å². The van der Waals surface area contributed by atoms with Crippen molar-refractivity contribution in [1.29, 1.82) is 0 Å². The molecule has 1 saturated heterocycles. The standard InChI is InChI=1S/C22H33N5O6S2/c1-22(2,3)33-21(30)27-15-8-7-13(19(28)24(4)5)11-16(15)26(35(27,31)32)20(29)18-23-14-9-10-25(6)12-17(14)34-18/h13,15-16H,7-12H2,1-6H3/t13-,15?,16+/m0/s1. The Morgan fingerprint density at radius 3 is 2.43 bits per heavy atom. The van der Waals surface area contributed by atoms with E-state index in [4.69, 9.17) is 4.74 Å². The third kappa shape index (κ3) is 4.77. The van der Waals surface area contributed by atoms with Crippen molar-refractivity contribution in [3.63, 3.8) is 0 Å². The Labute approximate surface area is 210 Å². The molecule has 3 heterocycles. The zero-order valence-corrected chi connectivity index (χ0v) is 22.6. The van der Waals surface area contributed by atoms with E-state index in [1.54, 1.807) is 34.9 Å². The number of carbonyl (C=O) groups excluding carboxylic acids is 3. The summed E-state index contributed by atoms with van der Waals surface area (Å²) in [6.45, 7) is 6.40. The summed E-state index contributed by atoms with van der Waals surface area (Å²) in [5, 5.41) is 0.0831. The van der Waals surface area contributed by atoms with Crippen LogP contribution in [0.4, 0.5) is 4.79 Å². The quantitative estimate of drug-likeness (QED) is 0.570. The van der Waals surface area contributed by atoms with Gasteiger partial charge in [-0.2, -0.15) is 12.7 Å². The number of ether oxygens (including phenoxy) is 1. The third-order valence-electron chi connectivity index (χ3n) is 6.55. The molecule has 0 spiro atoms. The normalized spacial score (nSPS) is 26.2. The maximum atomic E-state index is 13.7. The summed E-state index contributed by atoms with van der Waals surface area (Å²) in [6.07, 6.45) is 0.473. The highest BCUT2D eigenvalue weighted by molar-refractivity contribution is 7.88. The number of likely N-dealkylation sites (N-methyl/N-ethyl adjacent to an activating group) is 1. The predicted molar refractivity (Wildman–Crippen MR) is 129 cm³/mol. The van der Waals surface area contributed by atoms with E-state index in [1.807, 2.05) is 7.05 Å². The summed E-state index contributed by atoms with van der Waals surface area (Å²) in [7, 11) is 0.729. The van der Waals surface area contributed by atoms with Gasteiger partial charge in [0.05, 0.1) is 17.8 Å². The van der Waals surface area contributed by atoms with Gasteiger partial charge in [0.15, 0.2) is 5.01 Å². The Hall–Kier alpha value is -2.25. The van der Waals surface area contributed by atoms with E-state index in [0.717, 1.165) is 21.4 Å². The van der Waals surface area contributed by atoms with Crippen molar-refractivity contribution < 1.29 is 27.5 Å². The number of rotatable bonds is 2. The van der Waals surface area contributed by atoms with Crippen molar-refractivity contribution >= 4 is 39.5 Å². The minimum atomic E-state index is -4.54. The SMILES string of the molecule is CN1CCc2nc(C(=O)N3[C@@H]4C[C@@H](C(=O)N(C)C)CCC4N(C(=O)OC(C)(C)C)S3(=O)=O)sc2C1. The molecule has 11 nitrogen and oxygen atoms in total. The Bertz CT molecular complexity index is 1140. The molecule has 4 rings (SSSR count). The van der Waals surface area contributed by atoms with Gasteiger partial charge in [0.2, 0.25) is 5.91 Å². The zero-order chi connectivity index (χ0) is 25.9. The summed E-state index contributed by atoms with van der Waals surface area (Å²) in [5.41, 5.74) is -0.115. The minimum absolute atomic E-state index is 0.0831. The summed E-state index contributed by atoms with van der Waals surface area (Å²) in [5.74, 6) is -1.34. The first-order valence-electron chi connectivity index (χ1n) is 11.7. The first kappa shape index (κ1) is 25.8. The van der Waals surface area contributed by atoms with Gasteiger partial charge in [-0.15, -0.1) is 11.3 Å². The average Bonchev–Trinajstić information content (AvgIpc) is 3.25. The van der Waals surface area contributed by atoms with E-state index in [-0.39, 0.29) is 23.8 Å². The zero-order valence-electron chi connectivity index (χ0n) is 21.0. The average molecular weight is 528 g/mol. The van der Waals surface area contributed by atoms with Gasteiger partial charge >= 0.3 is 16.3 Å². The van der Waals surface area contributed by atoms with E-state index in [1.165, 1.54) is 16.2 Å². The van der Waals surface area contributed by atoms with Gasteiger partial charge in [0.1, 0.15) is 5.60 Å². The Morgan fingerprint density at radius 1 is 1.11 bits per heavy atom. The first-order chi connectivity index (χ1) is 16.2. The van der Waals surface area contributed by atoms with Crippen molar-refractivity contribution in [3.05, 3.63) is 15.6 Å². The van der Waals surface area contributed by atoms with Gasteiger partial charge in [-0.1, -0.05) is 0 Å². The Kier molecular flexibility index (Phi) is 6.64. The molecule has 0 N–H and O–H groups in total. The highest BCUT2D eigenvalue weighted by Gasteiger charge is 2.59. The van der Waals surface area contributed by atoms with Crippen molar-refractivity contribution in [2.24, 2.45) is 5.92 Å². The number of hydrogen-bond donors (Lipinski definition) is 0. The van der Waals surface area contributed by atoms with Crippen LogP contribution < -0.4 is 0 Å². The summed E-state index contributed by atoms with van der Waals surface area (Å²) in [4.78, 5) is 48.4. The van der Waals surface area contributed by atoms with Crippen LogP contribution in [-0.2, 0) is 32.7 Å². The molecular weight excluding hydrogens is 494 g/mol. The van der Waals surface area contributed by atoms with Gasteiger partial charge in [-0.25, -0.2) is 14.1 Å². The number of aromatic nitrogens is 1. The van der Waals surface area contributed by atoms with E-state index in [0.29, 0.717) is 23.7 Å². The second-order valence-corrected chi connectivity index (χ2v) is 13.4. The van der Waals surface area contributed by atoms with E-state index in [2.05, 4.69) is 9.88 Å². The van der Waals surface area contributed by atoms with Crippen LogP contribution in [0.1, 0.15) is 60.4 Å². The fourth-order valence-electron chi connectivity index (χ4n) is 4.98. The van der Waals surface area contributed by atoms with E-state index < -0.39 is 45.8 Å². The van der Waals surface area contributed by atoms with Crippen molar-refractivity contribution in [2.45, 2.75) is 70.7 Å². The molecule has 0 aromatic carbocycles. The van der Waals surface area contributed by atoms with Gasteiger partial charge in [0, 0.05) is 44.4 Å². The smallest absolute Gasteiger partial charge is 0.425 e. The number of nitrogens with zero attached hydrogens (tertiary/aromatic N) is 5. The van der Waals surface area contributed by atoms with Crippen molar-refractivity contribution in [3.8, 4) is 0 Å². The molecule has 13 heteroatoms. The lowest BCUT2D eigenvalue weighted by Crippen LogP contribution is -2.48. The topological polar surface area (TPSA) is 120 Å². The molecule has 1 saturated carbocycles. The lowest BCUT2D eigenvalue weighted by molar-refractivity contribution is -0.134. The fraction of sp³-hybridized carbons (Fsp3) is 0.727. The molecule has 3 aliphatic rings. The summed E-state index contributed by atoms with van der Waals surface area (Å²) >= 11 is 1.19. The van der Waals surface area contributed by atoms with Crippen LogP contribution in [0.3, 0.4) is 0 Å². The van der Waals surface area contributed by atoms with Gasteiger partial charge in [-0.3, -0.25) is 9.59 Å². The lowest BCUT2D eigenvalue weighted by atomic mass is 9.81. The van der Waals surface area contributed by atoms with Crippen LogP contribution in [0.25, 0.3) is 0 Å². The molecule has 0 bridgehead atoms. The molecule has 1 aromatic rings. The maximum absolute atomic E-state index is 13.7. The Balaban J connectivity index is 1.72. The third-order valence-corrected chi connectivity index (χ3v) is 9.47. The van der Waals surface area contributed by atoms with Crippen LogP contribution in [0.15, 0.2) is 0 Å². The minimum Gasteiger partial charge on any atom is -0.443 e. The maximum Gasteiger partial charge on any atom is 0.425 e. The van der Waals surface area contributed by atoms with Crippen LogP contribution in [-0.4, -0.2) is 95.1 Å². The second kappa shape index (κ2) is 9.00. The molecule has 1 aromatic heterocycles. The molecule has 35 heavy (non-hydrogen) atoms. The molecule has 1 aliphatic carbocycles. The van der Waals surface area contributed by atoms with Crippen LogP contribution in [0.5, 0.6) is 0 Å². The number of amides is 3. The predicted octanol–water partition coefficient (Wildman–Crippen LogP) is 1.69. The molecule has 2 aliphatic heterocycles. The van der Waals surface area contributed by atoms with Gasteiger partial charge in [-0.05, 0) is 47.1 Å². The molecule has 3 amide bonds. The molecule has 1 unspecified atom stereocenters. The molecule has 3 atom stereocenters. The molecule has 194 valence electrons. The van der Waals surface area contributed by atoms with Gasteiger partial charge in [0.25, 0.3) is 5.91 Å². The van der Waals surface area contributed by atoms with Crippen LogP contribution in [0.2, 0.25) is 0 Å².